The minimum atomic E-state index is 0.0508. The third-order valence-electron chi connectivity index (χ3n) is 4.85. The minimum absolute atomic E-state index is 0.0508. The van der Waals surface area contributed by atoms with Gasteiger partial charge in [0, 0.05) is 29.6 Å². The number of rotatable bonds is 4. The summed E-state index contributed by atoms with van der Waals surface area (Å²) in [7, 11) is 1.67. The van der Waals surface area contributed by atoms with Gasteiger partial charge in [0.1, 0.15) is 5.75 Å². The van der Waals surface area contributed by atoms with E-state index in [9.17, 15) is 4.79 Å². The molecule has 4 rings (SSSR count). The van der Waals surface area contributed by atoms with Gasteiger partial charge >= 0.3 is 0 Å². The van der Waals surface area contributed by atoms with Gasteiger partial charge in [0.25, 0.3) is 5.91 Å². The summed E-state index contributed by atoms with van der Waals surface area (Å²) in [6.45, 7) is 3.33. The minimum Gasteiger partial charge on any atom is -0.496 e. The Morgan fingerprint density at radius 1 is 1.26 bits per heavy atom. The van der Waals surface area contributed by atoms with Crippen molar-refractivity contribution in [2.75, 3.05) is 26.7 Å². The van der Waals surface area contributed by atoms with E-state index in [0.29, 0.717) is 12.0 Å². The number of piperidine rings is 1. The van der Waals surface area contributed by atoms with Crippen molar-refractivity contribution in [3.8, 4) is 16.2 Å². The second-order valence-electron chi connectivity index (χ2n) is 6.25. The van der Waals surface area contributed by atoms with Crippen LogP contribution in [-0.2, 0) is 0 Å². The molecule has 23 heavy (non-hydrogen) atoms. The fourth-order valence-electron chi connectivity index (χ4n) is 3.64. The van der Waals surface area contributed by atoms with Gasteiger partial charge in [0.15, 0.2) is 0 Å². The molecule has 2 aromatic rings. The number of carbonyl (C=O) groups excluding carboxylic acids is 1. The average molecular weight is 328 g/mol. The first-order valence-corrected chi connectivity index (χ1v) is 8.82. The zero-order chi connectivity index (χ0) is 15.8. The normalized spacial score (nSPS) is 25.5. The first kappa shape index (κ1) is 14.7. The predicted octanol–water partition coefficient (Wildman–Crippen LogP) is 2.86. The number of hydrogen-bond donors (Lipinski definition) is 1. The second-order valence-corrected chi connectivity index (χ2v) is 7.34. The molecular weight excluding hydrogens is 308 g/mol. The first-order valence-electron chi connectivity index (χ1n) is 8.01. The lowest BCUT2D eigenvalue weighted by molar-refractivity contribution is 0.0928. The SMILES string of the molecule is COc1ccccc1-c1ccc(C(=O)NC2CN3CC[C@H]2C3)s1. The summed E-state index contributed by atoms with van der Waals surface area (Å²) in [5.74, 6) is 1.52. The molecule has 0 spiro atoms. The van der Waals surface area contributed by atoms with Gasteiger partial charge in [0.05, 0.1) is 12.0 Å². The van der Waals surface area contributed by atoms with Crippen molar-refractivity contribution < 1.29 is 9.53 Å². The van der Waals surface area contributed by atoms with E-state index in [2.05, 4.69) is 10.2 Å². The molecule has 2 aliphatic rings. The van der Waals surface area contributed by atoms with E-state index in [1.165, 1.54) is 24.3 Å². The van der Waals surface area contributed by atoms with Gasteiger partial charge in [-0.3, -0.25) is 4.79 Å². The highest BCUT2D eigenvalue weighted by Gasteiger charge is 2.38. The third-order valence-corrected chi connectivity index (χ3v) is 5.97. The maximum Gasteiger partial charge on any atom is 0.261 e. The van der Waals surface area contributed by atoms with E-state index < -0.39 is 0 Å². The van der Waals surface area contributed by atoms with Gasteiger partial charge in [-0.25, -0.2) is 0 Å². The van der Waals surface area contributed by atoms with E-state index in [1.54, 1.807) is 7.11 Å². The Labute approximate surface area is 140 Å². The summed E-state index contributed by atoms with van der Waals surface area (Å²) >= 11 is 1.52. The molecule has 5 heteroatoms. The zero-order valence-electron chi connectivity index (χ0n) is 13.1. The maximum absolute atomic E-state index is 12.5. The molecule has 0 aliphatic carbocycles. The molecule has 120 valence electrons. The lowest BCUT2D eigenvalue weighted by Gasteiger charge is -2.22. The Bertz CT molecular complexity index is 727. The van der Waals surface area contributed by atoms with Crippen LogP contribution in [0.2, 0.25) is 0 Å². The van der Waals surface area contributed by atoms with Gasteiger partial charge in [-0.1, -0.05) is 12.1 Å². The smallest absolute Gasteiger partial charge is 0.261 e. The van der Waals surface area contributed by atoms with Crippen molar-refractivity contribution in [3.05, 3.63) is 41.3 Å². The van der Waals surface area contributed by atoms with Crippen molar-refractivity contribution in [2.24, 2.45) is 5.92 Å². The molecule has 1 N–H and O–H groups in total. The number of fused-ring (bicyclic) bond motifs is 2. The van der Waals surface area contributed by atoms with Crippen LogP contribution in [0.15, 0.2) is 36.4 Å². The fraction of sp³-hybridized carbons (Fsp3) is 0.389. The number of benzene rings is 1. The second kappa shape index (κ2) is 5.98. The molecule has 3 heterocycles. The molecule has 2 bridgehead atoms. The highest BCUT2D eigenvalue weighted by Crippen LogP contribution is 2.35. The molecule has 3 atom stereocenters. The summed E-state index contributed by atoms with van der Waals surface area (Å²) in [5, 5.41) is 3.22. The topological polar surface area (TPSA) is 41.6 Å². The van der Waals surface area contributed by atoms with Crippen LogP contribution in [0.1, 0.15) is 16.1 Å². The number of ether oxygens (including phenoxy) is 1. The maximum atomic E-state index is 12.5. The molecule has 1 aromatic carbocycles. The highest BCUT2D eigenvalue weighted by atomic mass is 32.1. The number of nitrogens with one attached hydrogen (secondary N) is 1. The number of nitrogens with zero attached hydrogens (tertiary/aromatic N) is 1. The summed E-state index contributed by atoms with van der Waals surface area (Å²) in [6, 6.07) is 12.1. The molecule has 0 saturated carbocycles. The standard InChI is InChI=1S/C18H20N2O2S/c1-22-15-5-3-2-4-13(15)16-6-7-17(23-16)18(21)19-14-11-20-9-8-12(14)10-20/h2-7,12,14H,8-11H2,1H3,(H,19,21)/t12-,14?/m0/s1. The Morgan fingerprint density at radius 3 is 2.87 bits per heavy atom. The molecular formula is C18H20N2O2S. The lowest BCUT2D eigenvalue weighted by Crippen LogP contribution is -2.42. The van der Waals surface area contributed by atoms with Crippen molar-refractivity contribution in [1.29, 1.82) is 0 Å². The number of para-hydroxylation sites is 1. The van der Waals surface area contributed by atoms with Crippen molar-refractivity contribution in [2.45, 2.75) is 12.5 Å². The number of methoxy groups -OCH3 is 1. The number of amides is 1. The van der Waals surface area contributed by atoms with Crippen LogP contribution >= 0.6 is 11.3 Å². The Hall–Kier alpha value is -1.85. The van der Waals surface area contributed by atoms with Crippen LogP contribution in [0.25, 0.3) is 10.4 Å². The van der Waals surface area contributed by atoms with Crippen molar-refractivity contribution in [1.82, 2.24) is 10.2 Å². The van der Waals surface area contributed by atoms with Crippen LogP contribution < -0.4 is 10.1 Å². The van der Waals surface area contributed by atoms with Crippen molar-refractivity contribution in [3.63, 3.8) is 0 Å². The van der Waals surface area contributed by atoms with E-state index in [0.717, 1.165) is 34.2 Å². The number of thiophene rings is 1. The zero-order valence-corrected chi connectivity index (χ0v) is 13.9. The third kappa shape index (κ3) is 2.75. The van der Waals surface area contributed by atoms with Gasteiger partial charge in [-0.15, -0.1) is 11.3 Å². The summed E-state index contributed by atoms with van der Waals surface area (Å²) in [4.78, 5) is 16.8. The molecule has 1 amide bonds. The summed E-state index contributed by atoms with van der Waals surface area (Å²) in [5.41, 5.74) is 1.03. The van der Waals surface area contributed by atoms with Gasteiger partial charge in [0.2, 0.25) is 0 Å². The molecule has 1 aromatic heterocycles. The van der Waals surface area contributed by atoms with Crippen LogP contribution in [0.4, 0.5) is 0 Å². The number of hydrogen-bond acceptors (Lipinski definition) is 4. The van der Waals surface area contributed by atoms with Gasteiger partial charge in [-0.2, -0.15) is 0 Å². The van der Waals surface area contributed by atoms with Crippen molar-refractivity contribution >= 4 is 17.2 Å². The van der Waals surface area contributed by atoms with Crippen LogP contribution in [-0.4, -0.2) is 43.6 Å². The van der Waals surface area contributed by atoms with E-state index in [1.807, 2.05) is 36.4 Å². The predicted molar refractivity (Wildman–Crippen MR) is 92.1 cm³/mol. The molecule has 2 unspecified atom stereocenters. The quantitative estimate of drug-likeness (QED) is 0.938. The fourth-order valence-corrected chi connectivity index (χ4v) is 4.58. The number of carbonyl (C=O) groups is 1. The average Bonchev–Trinajstić information content (AvgIpc) is 3.31. The Morgan fingerprint density at radius 2 is 2.13 bits per heavy atom. The monoisotopic (exact) mass is 328 g/mol. The summed E-state index contributed by atoms with van der Waals surface area (Å²) in [6.07, 6.45) is 1.21. The van der Waals surface area contributed by atoms with Crippen LogP contribution in [0.5, 0.6) is 5.75 Å². The Balaban J connectivity index is 1.50. The lowest BCUT2D eigenvalue weighted by atomic mass is 10.00. The first-order chi connectivity index (χ1) is 11.2. The largest absolute Gasteiger partial charge is 0.496 e. The molecule has 0 radical (unpaired) electrons. The van der Waals surface area contributed by atoms with Crippen LogP contribution in [0, 0.1) is 5.92 Å². The molecule has 4 nitrogen and oxygen atoms in total. The van der Waals surface area contributed by atoms with Gasteiger partial charge < -0.3 is 15.0 Å². The molecule has 2 saturated heterocycles. The highest BCUT2D eigenvalue weighted by molar-refractivity contribution is 7.17. The van der Waals surface area contributed by atoms with E-state index in [4.69, 9.17) is 4.74 Å². The van der Waals surface area contributed by atoms with E-state index in [-0.39, 0.29) is 5.91 Å². The van der Waals surface area contributed by atoms with E-state index >= 15 is 0 Å². The van der Waals surface area contributed by atoms with Gasteiger partial charge in [-0.05, 0) is 43.1 Å². The summed E-state index contributed by atoms with van der Waals surface area (Å²) < 4.78 is 5.41. The van der Waals surface area contributed by atoms with Crippen LogP contribution in [0.3, 0.4) is 0 Å². The molecule has 2 aliphatic heterocycles. The molecule has 2 fully saturated rings. The Kier molecular flexibility index (Phi) is 3.83.